The fourth-order valence-electron chi connectivity index (χ4n) is 0.494. The van der Waals surface area contributed by atoms with Crippen LogP contribution in [-0.2, 0) is 9.53 Å². The summed E-state index contributed by atoms with van der Waals surface area (Å²) in [5, 5.41) is 0. The fraction of sp³-hybridized carbons (Fsp3) is 0.571. The molecule has 0 atom stereocenters. The van der Waals surface area contributed by atoms with Crippen LogP contribution >= 0.6 is 22.2 Å². The van der Waals surface area contributed by atoms with Crippen LogP contribution in [0.3, 0.4) is 0 Å². The predicted octanol–water partition coefficient (Wildman–Crippen LogP) is 2.46. The predicted molar refractivity (Wildman–Crippen MR) is 52.7 cm³/mol. The summed E-state index contributed by atoms with van der Waals surface area (Å²) in [6.45, 7) is 5.43. The molecule has 0 saturated carbocycles. The summed E-state index contributed by atoms with van der Waals surface area (Å²) in [6, 6.07) is 0.733. The van der Waals surface area contributed by atoms with Gasteiger partial charge in [-0.15, -0.1) is 22.2 Å². The van der Waals surface area contributed by atoms with E-state index in [0.29, 0.717) is 12.2 Å². The van der Waals surface area contributed by atoms with E-state index in [0.717, 1.165) is 12.5 Å². The standard InChI is InChI=1S/C7H11Cl2O2Si/c1-6(2)7(10)11-4-3-5-12(8)9/h1,3-5H2,2H3. The molecule has 12 heavy (non-hydrogen) atoms. The van der Waals surface area contributed by atoms with Gasteiger partial charge in [-0.2, -0.15) is 0 Å². The number of rotatable bonds is 5. The Morgan fingerprint density at radius 2 is 2.17 bits per heavy atom. The van der Waals surface area contributed by atoms with E-state index in [9.17, 15) is 4.79 Å². The number of ether oxygens (including phenoxy) is 1. The molecule has 0 aliphatic heterocycles. The van der Waals surface area contributed by atoms with Crippen LogP contribution in [0.5, 0.6) is 0 Å². The number of hydrogen-bond donors (Lipinski definition) is 0. The van der Waals surface area contributed by atoms with Gasteiger partial charge in [0.15, 0.2) is 0 Å². The van der Waals surface area contributed by atoms with Crippen molar-refractivity contribution < 1.29 is 9.53 Å². The Bertz CT molecular complexity index is 171. The maximum absolute atomic E-state index is 10.8. The van der Waals surface area contributed by atoms with E-state index in [-0.39, 0.29) is 5.97 Å². The first-order valence-corrected chi connectivity index (χ1v) is 7.26. The maximum atomic E-state index is 10.8. The number of esters is 1. The second-order valence-electron chi connectivity index (χ2n) is 2.36. The van der Waals surface area contributed by atoms with Crippen molar-refractivity contribution in [2.75, 3.05) is 6.61 Å². The third-order valence-electron chi connectivity index (χ3n) is 1.09. The summed E-state index contributed by atoms with van der Waals surface area (Å²) in [4.78, 5) is 10.8. The second-order valence-corrected chi connectivity index (χ2v) is 6.85. The molecule has 0 aromatic rings. The lowest BCUT2D eigenvalue weighted by Crippen LogP contribution is -2.07. The van der Waals surface area contributed by atoms with Crippen LogP contribution < -0.4 is 0 Å². The molecule has 0 N–H and O–H groups in total. The average Bonchev–Trinajstić information content (AvgIpc) is 1.97. The molecular weight excluding hydrogens is 215 g/mol. The monoisotopic (exact) mass is 225 g/mol. The number of hydrogen-bond acceptors (Lipinski definition) is 2. The lowest BCUT2D eigenvalue weighted by atomic mass is 10.4. The molecule has 0 spiro atoms. The van der Waals surface area contributed by atoms with Gasteiger partial charge in [-0.3, -0.25) is 0 Å². The zero-order chi connectivity index (χ0) is 9.56. The first-order valence-electron chi connectivity index (χ1n) is 3.53. The van der Waals surface area contributed by atoms with E-state index in [1.807, 2.05) is 0 Å². The molecule has 0 saturated heterocycles. The summed E-state index contributed by atoms with van der Waals surface area (Å²) < 4.78 is 4.81. The van der Waals surface area contributed by atoms with E-state index in [1.165, 1.54) is 0 Å². The fourth-order valence-corrected chi connectivity index (χ4v) is 1.71. The van der Waals surface area contributed by atoms with Gasteiger partial charge in [0.25, 0.3) is 7.42 Å². The minimum atomic E-state index is -1.22. The second kappa shape index (κ2) is 6.52. The first-order chi connectivity index (χ1) is 5.54. The number of carbonyl (C=O) groups excluding carboxylic acids is 1. The molecule has 0 heterocycles. The lowest BCUT2D eigenvalue weighted by molar-refractivity contribution is -0.138. The van der Waals surface area contributed by atoms with Crippen molar-refractivity contribution >= 4 is 35.5 Å². The van der Waals surface area contributed by atoms with Crippen LogP contribution in [-0.4, -0.2) is 20.0 Å². The van der Waals surface area contributed by atoms with Gasteiger partial charge in [0, 0.05) is 5.57 Å². The molecule has 0 unspecified atom stereocenters. The molecule has 1 radical (unpaired) electrons. The summed E-state index contributed by atoms with van der Waals surface area (Å²) in [5.41, 5.74) is 0.414. The van der Waals surface area contributed by atoms with Gasteiger partial charge in [0.1, 0.15) is 0 Å². The minimum Gasteiger partial charge on any atom is -0.462 e. The summed E-state index contributed by atoms with van der Waals surface area (Å²) in [6.07, 6.45) is 0.723. The van der Waals surface area contributed by atoms with E-state index >= 15 is 0 Å². The smallest absolute Gasteiger partial charge is 0.333 e. The van der Waals surface area contributed by atoms with Crippen LogP contribution in [0.2, 0.25) is 6.04 Å². The van der Waals surface area contributed by atoms with Crippen molar-refractivity contribution in [1.29, 1.82) is 0 Å². The highest BCUT2D eigenvalue weighted by Crippen LogP contribution is 2.06. The van der Waals surface area contributed by atoms with Gasteiger partial charge < -0.3 is 4.74 Å². The number of halogens is 2. The van der Waals surface area contributed by atoms with Crippen molar-refractivity contribution in [3.8, 4) is 0 Å². The van der Waals surface area contributed by atoms with Crippen LogP contribution in [0, 0.1) is 0 Å². The van der Waals surface area contributed by atoms with Gasteiger partial charge in [0.05, 0.1) is 6.61 Å². The number of carbonyl (C=O) groups is 1. The molecule has 5 heteroatoms. The lowest BCUT2D eigenvalue weighted by Gasteiger charge is -2.02. The van der Waals surface area contributed by atoms with E-state index in [2.05, 4.69) is 6.58 Å². The molecule has 0 amide bonds. The Morgan fingerprint density at radius 1 is 1.58 bits per heavy atom. The zero-order valence-electron chi connectivity index (χ0n) is 6.90. The Balaban J connectivity index is 3.32. The molecular formula is C7H11Cl2O2Si. The average molecular weight is 226 g/mol. The largest absolute Gasteiger partial charge is 0.462 e. The Kier molecular flexibility index (Phi) is 6.52. The molecule has 0 rings (SSSR count). The Morgan fingerprint density at radius 3 is 2.58 bits per heavy atom. The highest BCUT2D eigenvalue weighted by molar-refractivity contribution is 7.33. The van der Waals surface area contributed by atoms with E-state index < -0.39 is 7.42 Å². The molecule has 0 bridgehead atoms. The maximum Gasteiger partial charge on any atom is 0.333 e. The third kappa shape index (κ3) is 6.70. The highest BCUT2D eigenvalue weighted by atomic mass is 35.7. The van der Waals surface area contributed by atoms with E-state index in [1.54, 1.807) is 6.92 Å². The molecule has 0 aromatic carbocycles. The van der Waals surface area contributed by atoms with Gasteiger partial charge in [-0.25, -0.2) is 4.79 Å². The van der Waals surface area contributed by atoms with Gasteiger partial charge in [-0.1, -0.05) is 6.58 Å². The van der Waals surface area contributed by atoms with Crippen LogP contribution in [0.4, 0.5) is 0 Å². The molecule has 0 aliphatic rings. The Labute approximate surface area is 83.5 Å². The molecule has 0 aliphatic carbocycles. The van der Waals surface area contributed by atoms with Gasteiger partial charge in [-0.05, 0) is 19.4 Å². The normalized spacial score (nSPS) is 10.0. The summed E-state index contributed by atoms with van der Waals surface area (Å²) >= 11 is 11.1. The topological polar surface area (TPSA) is 26.3 Å². The van der Waals surface area contributed by atoms with Crippen molar-refractivity contribution in [3.63, 3.8) is 0 Å². The SMILES string of the molecule is C=C(C)C(=O)OCCC[Si](Cl)Cl. The minimum absolute atomic E-state index is 0.354. The highest BCUT2D eigenvalue weighted by Gasteiger charge is 2.05. The molecule has 0 fully saturated rings. The van der Waals surface area contributed by atoms with Gasteiger partial charge in [0.2, 0.25) is 0 Å². The van der Waals surface area contributed by atoms with Crippen LogP contribution in [0.25, 0.3) is 0 Å². The summed E-state index contributed by atoms with van der Waals surface area (Å²) in [7, 11) is -1.22. The third-order valence-corrected chi connectivity index (χ3v) is 2.96. The van der Waals surface area contributed by atoms with Crippen molar-refractivity contribution in [1.82, 2.24) is 0 Å². The van der Waals surface area contributed by atoms with E-state index in [4.69, 9.17) is 26.9 Å². The van der Waals surface area contributed by atoms with Crippen molar-refractivity contribution in [3.05, 3.63) is 12.2 Å². The Hall–Kier alpha value is 0.00688. The van der Waals surface area contributed by atoms with Crippen molar-refractivity contribution in [2.24, 2.45) is 0 Å². The van der Waals surface area contributed by atoms with Crippen LogP contribution in [0.1, 0.15) is 13.3 Å². The van der Waals surface area contributed by atoms with Crippen LogP contribution in [0.15, 0.2) is 12.2 Å². The zero-order valence-corrected chi connectivity index (χ0v) is 9.41. The quantitative estimate of drug-likeness (QED) is 0.236. The first kappa shape index (κ1) is 12.0. The molecule has 69 valence electrons. The summed E-state index contributed by atoms with van der Waals surface area (Å²) in [5.74, 6) is -0.354. The van der Waals surface area contributed by atoms with Gasteiger partial charge >= 0.3 is 5.97 Å². The van der Waals surface area contributed by atoms with Crippen molar-refractivity contribution in [2.45, 2.75) is 19.4 Å². The molecule has 0 aromatic heterocycles. The molecule has 2 nitrogen and oxygen atoms in total.